The molecule has 570 valence electrons. The molecule has 0 aliphatic heterocycles. The molecule has 0 aromatic heterocycles. The number of hydrogen-bond donors (Lipinski definition) is 3. The Morgan fingerprint density at radius 2 is 0.531 bits per heavy atom. The molecule has 4 unspecified atom stereocenters. The molecule has 0 saturated heterocycles. The summed E-state index contributed by atoms with van der Waals surface area (Å²) in [7, 11) is -9.91. The van der Waals surface area contributed by atoms with Gasteiger partial charge in [-0.3, -0.25) is 37.3 Å². The predicted octanol–water partition coefficient (Wildman–Crippen LogP) is 22.6. The van der Waals surface area contributed by atoms with Gasteiger partial charge in [-0.05, 0) is 43.4 Å². The molecule has 0 heterocycles. The minimum atomic E-state index is -4.96. The molecule has 7 atom stereocenters. The molecule has 0 fully saturated rings. The van der Waals surface area contributed by atoms with Crippen LogP contribution in [0.5, 0.6) is 0 Å². The summed E-state index contributed by atoms with van der Waals surface area (Å²) in [6.07, 6.45) is 54.1. The van der Waals surface area contributed by atoms with Gasteiger partial charge in [0.05, 0.1) is 26.4 Å². The number of phosphoric acid groups is 2. The zero-order chi connectivity index (χ0) is 70.9. The van der Waals surface area contributed by atoms with E-state index in [2.05, 4.69) is 48.5 Å². The number of phosphoric ester groups is 2. The SMILES string of the molecule is CCCCCCCCCCCCCC(=O)O[C@H](COC(=O)CCCCCCCCC(C)CC)COP(=O)(O)OC[C@H](O)COP(=O)(O)OC[C@@H](COC(=O)CCCCCCCCCCCCC(C)CC)OC(=O)CCCCCCCCCCCCCCCCCCCCC(C)C. The molecule has 0 bridgehead atoms. The second-order valence-corrected chi connectivity index (χ2v) is 31.6. The second kappa shape index (κ2) is 67.5. The smallest absolute Gasteiger partial charge is 0.462 e. The Balaban J connectivity index is 5.21. The van der Waals surface area contributed by atoms with Gasteiger partial charge in [0.1, 0.15) is 19.3 Å². The summed E-state index contributed by atoms with van der Waals surface area (Å²) in [4.78, 5) is 72.8. The summed E-state index contributed by atoms with van der Waals surface area (Å²) < 4.78 is 68.5. The molecular weight excluding hydrogens is 1260 g/mol. The Morgan fingerprint density at radius 1 is 0.302 bits per heavy atom. The van der Waals surface area contributed by atoms with Crippen LogP contribution in [-0.2, 0) is 65.4 Å². The van der Waals surface area contributed by atoms with Gasteiger partial charge in [-0.15, -0.1) is 0 Å². The van der Waals surface area contributed by atoms with Crippen LogP contribution in [0.15, 0.2) is 0 Å². The molecule has 0 aliphatic carbocycles. The molecule has 0 rings (SSSR count). The molecule has 0 aromatic rings. The predicted molar refractivity (Wildman–Crippen MR) is 391 cm³/mol. The molecule has 96 heavy (non-hydrogen) atoms. The molecule has 0 aromatic carbocycles. The van der Waals surface area contributed by atoms with Gasteiger partial charge >= 0.3 is 39.5 Å². The Hall–Kier alpha value is -1.94. The van der Waals surface area contributed by atoms with Crippen LogP contribution in [0.25, 0.3) is 0 Å². The van der Waals surface area contributed by atoms with Gasteiger partial charge in [0, 0.05) is 25.7 Å². The third-order valence-corrected chi connectivity index (χ3v) is 20.5. The van der Waals surface area contributed by atoms with E-state index in [4.69, 9.17) is 37.0 Å². The fourth-order valence-corrected chi connectivity index (χ4v) is 13.3. The zero-order valence-corrected chi connectivity index (χ0v) is 64.6. The van der Waals surface area contributed by atoms with E-state index in [0.29, 0.717) is 25.7 Å². The van der Waals surface area contributed by atoms with Crippen LogP contribution in [0.4, 0.5) is 0 Å². The average Bonchev–Trinajstić information content (AvgIpc) is 1.61. The van der Waals surface area contributed by atoms with Crippen molar-refractivity contribution in [3.05, 3.63) is 0 Å². The number of aliphatic hydroxyl groups is 1. The van der Waals surface area contributed by atoms with Gasteiger partial charge in [0.15, 0.2) is 12.2 Å². The van der Waals surface area contributed by atoms with Gasteiger partial charge in [0.2, 0.25) is 0 Å². The van der Waals surface area contributed by atoms with Crippen molar-refractivity contribution in [1.82, 2.24) is 0 Å². The number of esters is 4. The van der Waals surface area contributed by atoms with E-state index in [-0.39, 0.29) is 25.7 Å². The molecule has 0 amide bonds. The number of unbranched alkanes of at least 4 members (excludes halogenated alkanes) is 41. The van der Waals surface area contributed by atoms with Crippen molar-refractivity contribution in [2.24, 2.45) is 17.8 Å². The van der Waals surface area contributed by atoms with E-state index in [1.54, 1.807) is 0 Å². The summed E-state index contributed by atoms with van der Waals surface area (Å²) >= 11 is 0. The third kappa shape index (κ3) is 67.9. The van der Waals surface area contributed by atoms with Gasteiger partial charge in [0.25, 0.3) is 0 Å². The number of hydrogen-bond acceptors (Lipinski definition) is 15. The fourth-order valence-electron chi connectivity index (χ4n) is 11.7. The van der Waals surface area contributed by atoms with Gasteiger partial charge in [-0.1, -0.05) is 344 Å². The minimum absolute atomic E-state index is 0.106. The molecule has 19 heteroatoms. The summed E-state index contributed by atoms with van der Waals surface area (Å²) in [5.74, 6) is 0.243. The first kappa shape index (κ1) is 94.1. The molecule has 0 spiro atoms. The molecule has 0 aliphatic rings. The first-order valence-electron chi connectivity index (χ1n) is 39.9. The van der Waals surface area contributed by atoms with E-state index in [1.807, 2.05) is 0 Å². The molecular formula is C77H150O17P2. The van der Waals surface area contributed by atoms with E-state index in [9.17, 15) is 43.2 Å². The second-order valence-electron chi connectivity index (χ2n) is 28.7. The van der Waals surface area contributed by atoms with Crippen molar-refractivity contribution in [1.29, 1.82) is 0 Å². The van der Waals surface area contributed by atoms with Crippen LogP contribution in [0.1, 0.15) is 395 Å². The quantitative estimate of drug-likeness (QED) is 0.0222. The van der Waals surface area contributed by atoms with Crippen LogP contribution in [-0.4, -0.2) is 96.7 Å². The number of aliphatic hydroxyl groups excluding tert-OH is 1. The highest BCUT2D eigenvalue weighted by Crippen LogP contribution is 2.45. The highest BCUT2D eigenvalue weighted by molar-refractivity contribution is 7.47. The number of rotatable bonds is 75. The lowest BCUT2D eigenvalue weighted by Crippen LogP contribution is -2.30. The first-order chi connectivity index (χ1) is 46.3. The Kier molecular flexibility index (Phi) is 66.2. The monoisotopic (exact) mass is 1410 g/mol. The fraction of sp³-hybridized carbons (Fsp3) is 0.948. The summed E-state index contributed by atoms with van der Waals surface area (Å²) in [5, 5.41) is 10.6. The first-order valence-corrected chi connectivity index (χ1v) is 42.9. The molecule has 17 nitrogen and oxygen atoms in total. The van der Waals surface area contributed by atoms with Crippen molar-refractivity contribution in [2.75, 3.05) is 39.6 Å². The lowest BCUT2D eigenvalue weighted by molar-refractivity contribution is -0.161. The van der Waals surface area contributed by atoms with Crippen LogP contribution >= 0.6 is 15.6 Å². The molecule has 0 saturated carbocycles. The normalized spacial score (nSPS) is 14.6. The van der Waals surface area contributed by atoms with Crippen molar-refractivity contribution in [2.45, 2.75) is 414 Å². The Morgan fingerprint density at radius 3 is 0.792 bits per heavy atom. The van der Waals surface area contributed by atoms with Crippen molar-refractivity contribution in [3.63, 3.8) is 0 Å². The van der Waals surface area contributed by atoms with Crippen molar-refractivity contribution >= 4 is 39.5 Å². The van der Waals surface area contributed by atoms with E-state index < -0.39 is 97.5 Å². The van der Waals surface area contributed by atoms with Crippen molar-refractivity contribution in [3.8, 4) is 0 Å². The van der Waals surface area contributed by atoms with Gasteiger partial charge < -0.3 is 33.8 Å². The van der Waals surface area contributed by atoms with Crippen LogP contribution in [0.2, 0.25) is 0 Å². The Labute approximate surface area is 588 Å². The minimum Gasteiger partial charge on any atom is -0.462 e. The Bertz CT molecular complexity index is 1870. The highest BCUT2D eigenvalue weighted by atomic mass is 31.2. The lowest BCUT2D eigenvalue weighted by atomic mass is 9.99. The molecule has 0 radical (unpaired) electrons. The number of carbonyl (C=O) groups is 4. The lowest BCUT2D eigenvalue weighted by Gasteiger charge is -2.21. The maximum atomic E-state index is 13.1. The standard InChI is InChI=1S/C77H150O17P2/c1-8-11-12-13-14-15-24-32-37-46-53-60-76(81)94-73(65-88-75(80)59-52-45-40-39-43-50-57-70(7)10-3)67-92-96(85,86)90-63-71(78)62-89-95(83,84)91-66-72(64-87-74(79)58-51-44-36-31-28-27-30-35-42-49-56-69(6)9-2)93-77(82)61-54-47-38-33-26-23-21-19-17-16-18-20-22-25-29-34-41-48-55-68(4)5/h68-73,78H,8-67H2,1-7H3,(H,83,84)(H,85,86)/t69?,70?,71-,72-,73-/m1/s1. The average molecular weight is 1410 g/mol. The third-order valence-electron chi connectivity index (χ3n) is 18.6. The maximum Gasteiger partial charge on any atom is 0.472 e. The highest BCUT2D eigenvalue weighted by Gasteiger charge is 2.30. The molecule has 3 N–H and O–H groups in total. The van der Waals surface area contributed by atoms with Crippen LogP contribution in [0, 0.1) is 17.8 Å². The maximum absolute atomic E-state index is 13.1. The zero-order valence-electron chi connectivity index (χ0n) is 62.8. The van der Waals surface area contributed by atoms with Gasteiger partial charge in [-0.25, -0.2) is 9.13 Å². The van der Waals surface area contributed by atoms with E-state index >= 15 is 0 Å². The van der Waals surface area contributed by atoms with E-state index in [1.165, 1.54) is 199 Å². The number of ether oxygens (including phenoxy) is 4. The largest absolute Gasteiger partial charge is 0.472 e. The summed E-state index contributed by atoms with van der Waals surface area (Å²) in [5.41, 5.74) is 0. The summed E-state index contributed by atoms with van der Waals surface area (Å²) in [6.45, 7) is 11.9. The topological polar surface area (TPSA) is 237 Å². The van der Waals surface area contributed by atoms with Crippen LogP contribution < -0.4 is 0 Å². The summed E-state index contributed by atoms with van der Waals surface area (Å²) in [6, 6.07) is 0. The number of carbonyl (C=O) groups excluding carboxylic acids is 4. The van der Waals surface area contributed by atoms with Gasteiger partial charge in [-0.2, -0.15) is 0 Å². The van der Waals surface area contributed by atoms with E-state index in [0.717, 1.165) is 114 Å². The van der Waals surface area contributed by atoms with Crippen LogP contribution in [0.3, 0.4) is 0 Å². The van der Waals surface area contributed by atoms with Crippen molar-refractivity contribution < 1.29 is 80.2 Å².